The summed E-state index contributed by atoms with van der Waals surface area (Å²) in [7, 11) is 0. The Morgan fingerprint density at radius 3 is 2.44 bits per heavy atom. The molecule has 0 bridgehead atoms. The molecule has 0 rings (SSSR count). The van der Waals surface area contributed by atoms with E-state index in [0.717, 1.165) is 6.54 Å². The molecule has 2 nitrogen and oxygen atoms in total. The van der Waals surface area contributed by atoms with Crippen LogP contribution >= 0.6 is 0 Å². The van der Waals surface area contributed by atoms with Crippen LogP contribution in [0.5, 0.6) is 0 Å². The van der Waals surface area contributed by atoms with E-state index in [0.29, 0.717) is 0 Å². The van der Waals surface area contributed by atoms with Crippen molar-refractivity contribution in [1.29, 1.82) is 0 Å². The fourth-order valence-corrected chi connectivity index (χ4v) is 0.197. The first-order valence-electron chi connectivity index (χ1n) is 3.27. The van der Waals surface area contributed by atoms with E-state index in [1.807, 2.05) is 20.8 Å². The molecule has 0 aromatic carbocycles. The van der Waals surface area contributed by atoms with Gasteiger partial charge in [0.2, 0.25) is 0 Å². The third-order valence-electron chi connectivity index (χ3n) is 0.466. The molecule has 54 valence electrons. The Morgan fingerprint density at radius 2 is 2.11 bits per heavy atom. The summed E-state index contributed by atoms with van der Waals surface area (Å²) in [5.74, 6) is 0. The van der Waals surface area contributed by atoms with Crippen LogP contribution in [0.25, 0.3) is 0 Å². The zero-order valence-electron chi connectivity index (χ0n) is 6.52. The summed E-state index contributed by atoms with van der Waals surface area (Å²) < 4.78 is 0. The van der Waals surface area contributed by atoms with E-state index >= 15 is 0 Å². The van der Waals surface area contributed by atoms with Crippen molar-refractivity contribution in [3.63, 3.8) is 0 Å². The Hall–Kier alpha value is -0.790. The van der Waals surface area contributed by atoms with E-state index in [9.17, 15) is 0 Å². The molecule has 0 aromatic heterocycles. The molecular formula is C7H16N2. The molecule has 9 heavy (non-hydrogen) atoms. The predicted molar refractivity (Wildman–Crippen MR) is 43.7 cm³/mol. The van der Waals surface area contributed by atoms with Gasteiger partial charge in [-0.05, 0) is 13.1 Å². The van der Waals surface area contributed by atoms with Gasteiger partial charge >= 0.3 is 0 Å². The van der Waals surface area contributed by atoms with Crippen LogP contribution in [0.3, 0.4) is 0 Å². The Balaban J connectivity index is 0. The average molecular weight is 128 g/mol. The monoisotopic (exact) mass is 128 g/mol. The number of aliphatic imine (C=N–C) groups is 1. The largest absolute Gasteiger partial charge is 0.354 e. The molecule has 0 saturated carbocycles. The fourth-order valence-electron chi connectivity index (χ4n) is 0.197. The van der Waals surface area contributed by atoms with Gasteiger partial charge in [0.1, 0.15) is 0 Å². The molecule has 2 heteroatoms. The Kier molecular flexibility index (Phi) is 19.3. The van der Waals surface area contributed by atoms with Gasteiger partial charge in [-0.2, -0.15) is 0 Å². The van der Waals surface area contributed by atoms with E-state index in [1.54, 1.807) is 12.5 Å². The standard InChI is InChI=1S/C5H10N2.C2H6/c1-3-6-5-7-4-2;1-2/h3,5H,1,4H2,2H3,(H,6,7);1-2H3. The summed E-state index contributed by atoms with van der Waals surface area (Å²) in [5.41, 5.74) is 0. The van der Waals surface area contributed by atoms with E-state index in [2.05, 4.69) is 16.9 Å². The van der Waals surface area contributed by atoms with Gasteiger partial charge in [-0.15, -0.1) is 0 Å². The van der Waals surface area contributed by atoms with Gasteiger partial charge in [0.15, 0.2) is 0 Å². The second-order valence-corrected chi connectivity index (χ2v) is 0.999. The van der Waals surface area contributed by atoms with Crippen LogP contribution in [-0.2, 0) is 0 Å². The molecule has 0 aliphatic rings. The van der Waals surface area contributed by atoms with Crippen LogP contribution in [0.15, 0.2) is 17.8 Å². The van der Waals surface area contributed by atoms with Gasteiger partial charge in [-0.1, -0.05) is 20.4 Å². The molecule has 0 aromatic rings. The number of nitrogens with one attached hydrogen (secondary N) is 1. The molecule has 0 aliphatic heterocycles. The maximum absolute atomic E-state index is 3.85. The summed E-state index contributed by atoms with van der Waals surface area (Å²) in [5, 5.41) is 2.72. The number of hydrogen-bond donors (Lipinski definition) is 1. The molecule has 0 fully saturated rings. The van der Waals surface area contributed by atoms with Crippen molar-refractivity contribution in [1.82, 2.24) is 5.32 Å². The minimum atomic E-state index is 0.820. The number of rotatable bonds is 3. The van der Waals surface area contributed by atoms with Crippen molar-refractivity contribution in [3.05, 3.63) is 12.8 Å². The lowest BCUT2D eigenvalue weighted by molar-refractivity contribution is 1.12. The van der Waals surface area contributed by atoms with Crippen molar-refractivity contribution in [2.24, 2.45) is 4.99 Å². The summed E-state index contributed by atoms with van der Waals surface area (Å²) in [6.07, 6.45) is 3.20. The predicted octanol–water partition coefficient (Wildman–Crippen LogP) is 1.79. The Bertz CT molecular complexity index is 67.3. The van der Waals surface area contributed by atoms with Gasteiger partial charge in [-0.3, -0.25) is 4.99 Å². The Labute approximate surface area is 57.7 Å². The number of nitrogens with zero attached hydrogens (tertiary/aromatic N) is 1. The van der Waals surface area contributed by atoms with Gasteiger partial charge in [-0.25, -0.2) is 0 Å². The van der Waals surface area contributed by atoms with Crippen molar-refractivity contribution < 1.29 is 0 Å². The van der Waals surface area contributed by atoms with E-state index < -0.39 is 0 Å². The topological polar surface area (TPSA) is 24.4 Å². The molecule has 0 amide bonds. The van der Waals surface area contributed by atoms with Gasteiger partial charge in [0.25, 0.3) is 0 Å². The average Bonchev–Trinajstić information content (AvgIpc) is 1.94. The normalized spacial score (nSPS) is 7.89. The second-order valence-electron chi connectivity index (χ2n) is 0.999. The third-order valence-corrected chi connectivity index (χ3v) is 0.466. The quantitative estimate of drug-likeness (QED) is 0.455. The number of hydrogen-bond acceptors (Lipinski definition) is 1. The first-order valence-corrected chi connectivity index (χ1v) is 3.27. The maximum Gasteiger partial charge on any atom is 0.0862 e. The lowest BCUT2D eigenvalue weighted by Crippen LogP contribution is -1.98. The van der Waals surface area contributed by atoms with Gasteiger partial charge in [0.05, 0.1) is 6.34 Å². The van der Waals surface area contributed by atoms with Gasteiger partial charge < -0.3 is 5.32 Å². The molecule has 1 N–H and O–H groups in total. The summed E-state index contributed by atoms with van der Waals surface area (Å²) in [6.45, 7) is 10.2. The first kappa shape index (κ1) is 11.1. The van der Waals surface area contributed by atoms with E-state index in [-0.39, 0.29) is 0 Å². The Morgan fingerprint density at radius 1 is 1.56 bits per heavy atom. The van der Waals surface area contributed by atoms with Crippen LogP contribution in [0.2, 0.25) is 0 Å². The van der Waals surface area contributed by atoms with Crippen LogP contribution < -0.4 is 5.32 Å². The molecule has 0 heterocycles. The summed E-state index contributed by atoms with van der Waals surface area (Å²) in [6, 6.07) is 0. The SMILES string of the molecule is C=CNC=NCC.CC. The van der Waals surface area contributed by atoms with E-state index in [1.165, 1.54) is 0 Å². The van der Waals surface area contributed by atoms with E-state index in [4.69, 9.17) is 0 Å². The highest BCUT2D eigenvalue weighted by atomic mass is 14.9. The van der Waals surface area contributed by atoms with Crippen molar-refractivity contribution in [2.75, 3.05) is 6.54 Å². The first-order chi connectivity index (χ1) is 4.41. The van der Waals surface area contributed by atoms with Crippen LogP contribution in [0.4, 0.5) is 0 Å². The van der Waals surface area contributed by atoms with Crippen LogP contribution in [0.1, 0.15) is 20.8 Å². The zero-order chi connectivity index (χ0) is 7.54. The highest BCUT2D eigenvalue weighted by Gasteiger charge is 1.59. The minimum absolute atomic E-state index is 0.820. The second kappa shape index (κ2) is 15.7. The van der Waals surface area contributed by atoms with Crippen LogP contribution in [0, 0.1) is 0 Å². The molecular weight excluding hydrogens is 112 g/mol. The third kappa shape index (κ3) is 19.0. The smallest absolute Gasteiger partial charge is 0.0862 e. The lowest BCUT2D eigenvalue weighted by Gasteiger charge is -1.81. The van der Waals surface area contributed by atoms with Crippen molar-refractivity contribution in [3.8, 4) is 0 Å². The molecule has 0 radical (unpaired) electrons. The highest BCUT2D eigenvalue weighted by Crippen LogP contribution is 1.57. The van der Waals surface area contributed by atoms with Crippen molar-refractivity contribution in [2.45, 2.75) is 20.8 Å². The molecule has 0 unspecified atom stereocenters. The maximum atomic E-state index is 3.85. The van der Waals surface area contributed by atoms with Crippen molar-refractivity contribution >= 4 is 6.34 Å². The fraction of sp³-hybridized carbons (Fsp3) is 0.571. The molecule has 0 spiro atoms. The lowest BCUT2D eigenvalue weighted by atomic mass is 10.8. The summed E-state index contributed by atoms with van der Waals surface area (Å²) >= 11 is 0. The van der Waals surface area contributed by atoms with Gasteiger partial charge in [0, 0.05) is 6.54 Å². The molecule has 0 saturated heterocycles. The van der Waals surface area contributed by atoms with Crippen LogP contribution in [-0.4, -0.2) is 12.9 Å². The summed E-state index contributed by atoms with van der Waals surface area (Å²) in [4.78, 5) is 3.85. The highest BCUT2D eigenvalue weighted by molar-refractivity contribution is 5.55. The zero-order valence-corrected chi connectivity index (χ0v) is 6.52. The molecule has 0 aliphatic carbocycles. The molecule has 0 atom stereocenters. The minimum Gasteiger partial charge on any atom is -0.354 e.